The normalized spacial score (nSPS) is 24.6. The highest BCUT2D eigenvalue weighted by Crippen LogP contribution is 2.31. The molecule has 1 aromatic carbocycles. The lowest BCUT2D eigenvalue weighted by Gasteiger charge is -2.44. The number of nitrogens with zero attached hydrogens (tertiary/aromatic N) is 6. The van der Waals surface area contributed by atoms with E-state index in [1.165, 1.54) is 25.5 Å². The van der Waals surface area contributed by atoms with Crippen molar-refractivity contribution in [2.24, 2.45) is 0 Å². The molecule has 3 aliphatic rings. The molecule has 31 heavy (non-hydrogen) atoms. The molecule has 2 fully saturated rings. The highest BCUT2D eigenvalue weighted by molar-refractivity contribution is 5.78. The van der Waals surface area contributed by atoms with E-state index in [9.17, 15) is 4.39 Å². The fraction of sp³-hybridized carbons (Fsp3) is 0.478. The Bertz CT molecular complexity index is 1120. The average Bonchev–Trinajstić information content (AvgIpc) is 3.42. The second kappa shape index (κ2) is 7.46. The van der Waals surface area contributed by atoms with Crippen LogP contribution in [-0.2, 0) is 0 Å². The summed E-state index contributed by atoms with van der Waals surface area (Å²) in [6, 6.07) is 7.92. The van der Waals surface area contributed by atoms with E-state index in [0.29, 0.717) is 41.2 Å². The summed E-state index contributed by atoms with van der Waals surface area (Å²) in [6.07, 6.45) is 6.13. The number of aromatic nitrogens is 3. The topological polar surface area (TPSA) is 49.1 Å². The third-order valence-corrected chi connectivity index (χ3v) is 7.04. The first-order valence-electron chi connectivity index (χ1n) is 11.1. The first-order valence-corrected chi connectivity index (χ1v) is 11.1. The maximum Gasteiger partial charge on any atom is 0.165 e. The molecular weight excluding hydrogens is 395 g/mol. The smallest absolute Gasteiger partial charge is 0.165 e. The van der Waals surface area contributed by atoms with Gasteiger partial charge in [-0.3, -0.25) is 9.80 Å². The largest absolute Gasteiger partial charge is 0.492 e. The summed E-state index contributed by atoms with van der Waals surface area (Å²) >= 11 is 0. The van der Waals surface area contributed by atoms with Gasteiger partial charge < -0.3 is 9.64 Å². The molecule has 4 bridgehead atoms. The molecule has 0 aliphatic carbocycles. The van der Waals surface area contributed by atoms with E-state index in [-0.39, 0.29) is 5.82 Å². The van der Waals surface area contributed by atoms with Crippen molar-refractivity contribution in [3.8, 4) is 16.9 Å². The summed E-state index contributed by atoms with van der Waals surface area (Å²) in [4.78, 5) is 12.2. The van der Waals surface area contributed by atoms with Crippen LogP contribution in [0.1, 0.15) is 12.8 Å². The monoisotopic (exact) mass is 422 g/mol. The molecule has 0 amide bonds. The second-order valence-electron chi connectivity index (χ2n) is 8.93. The van der Waals surface area contributed by atoms with Crippen LogP contribution in [0.4, 0.5) is 10.2 Å². The van der Waals surface area contributed by atoms with E-state index in [4.69, 9.17) is 9.72 Å². The number of hydrogen-bond acceptors (Lipinski definition) is 6. The summed E-state index contributed by atoms with van der Waals surface area (Å²) in [5.41, 5.74) is 1.79. The third kappa shape index (κ3) is 3.34. The lowest BCUT2D eigenvalue weighted by atomic mass is 10.1. The SMILES string of the molecule is CN1CCN2C[C@H]3CCCN3C[C@H]2COc2ccc(F)c(c2)-c2cnn3ccc1nc23. The number of rotatable bonds is 0. The molecule has 0 radical (unpaired) electrons. The van der Waals surface area contributed by atoms with E-state index >= 15 is 0 Å². The van der Waals surface area contributed by atoms with Gasteiger partial charge in [-0.2, -0.15) is 5.10 Å². The Hall–Kier alpha value is -2.71. The second-order valence-corrected chi connectivity index (χ2v) is 8.93. The predicted octanol–water partition coefficient (Wildman–Crippen LogP) is 2.51. The van der Waals surface area contributed by atoms with Crippen LogP contribution >= 0.6 is 0 Å². The minimum absolute atomic E-state index is 0.297. The fourth-order valence-electron chi connectivity index (χ4n) is 5.23. The van der Waals surface area contributed by atoms with Crippen LogP contribution in [0.25, 0.3) is 16.8 Å². The van der Waals surface area contributed by atoms with Gasteiger partial charge in [-0.1, -0.05) is 0 Å². The van der Waals surface area contributed by atoms with Gasteiger partial charge in [0.15, 0.2) is 5.65 Å². The zero-order chi connectivity index (χ0) is 20.9. The summed E-state index contributed by atoms with van der Waals surface area (Å²) in [7, 11) is 2.07. The highest BCUT2D eigenvalue weighted by Gasteiger charge is 2.36. The highest BCUT2D eigenvalue weighted by atomic mass is 19.1. The van der Waals surface area contributed by atoms with Crippen LogP contribution in [0.3, 0.4) is 0 Å². The van der Waals surface area contributed by atoms with Gasteiger partial charge in [0.25, 0.3) is 0 Å². The predicted molar refractivity (Wildman–Crippen MR) is 117 cm³/mol. The minimum Gasteiger partial charge on any atom is -0.492 e. The Kier molecular flexibility index (Phi) is 4.57. The van der Waals surface area contributed by atoms with Crippen LogP contribution in [0, 0.1) is 5.82 Å². The number of likely N-dealkylation sites (N-methyl/N-ethyl adjacent to an activating group) is 1. The van der Waals surface area contributed by atoms with Crippen LogP contribution in [0.2, 0.25) is 0 Å². The Morgan fingerprint density at radius 1 is 1.03 bits per heavy atom. The molecule has 8 heteroatoms. The lowest BCUT2D eigenvalue weighted by molar-refractivity contribution is 0.0293. The third-order valence-electron chi connectivity index (χ3n) is 7.04. The number of fused-ring (bicyclic) bond motifs is 6. The van der Waals surface area contributed by atoms with Crippen LogP contribution in [0.5, 0.6) is 5.75 Å². The first kappa shape index (κ1) is 19.0. The van der Waals surface area contributed by atoms with Gasteiger partial charge in [-0.05, 0) is 43.7 Å². The van der Waals surface area contributed by atoms with E-state index in [1.54, 1.807) is 22.8 Å². The van der Waals surface area contributed by atoms with E-state index < -0.39 is 0 Å². The van der Waals surface area contributed by atoms with Crippen molar-refractivity contribution in [2.45, 2.75) is 24.9 Å². The molecule has 5 heterocycles. The van der Waals surface area contributed by atoms with Crippen molar-refractivity contribution in [2.75, 3.05) is 51.3 Å². The molecule has 7 nitrogen and oxygen atoms in total. The Labute approximate surface area is 181 Å². The fourth-order valence-corrected chi connectivity index (χ4v) is 5.23. The van der Waals surface area contributed by atoms with Crippen molar-refractivity contribution in [1.29, 1.82) is 0 Å². The van der Waals surface area contributed by atoms with Crippen molar-refractivity contribution < 1.29 is 9.13 Å². The summed E-state index contributed by atoms with van der Waals surface area (Å²) < 4.78 is 22.7. The molecule has 0 spiro atoms. The van der Waals surface area contributed by atoms with Gasteiger partial charge in [0.2, 0.25) is 0 Å². The molecule has 2 aromatic heterocycles. The molecule has 6 rings (SSSR count). The summed E-state index contributed by atoms with van der Waals surface area (Å²) in [6.45, 7) is 5.73. The van der Waals surface area contributed by atoms with Crippen LogP contribution < -0.4 is 9.64 Å². The van der Waals surface area contributed by atoms with Gasteiger partial charge in [-0.15, -0.1) is 0 Å². The van der Waals surface area contributed by atoms with Crippen molar-refractivity contribution in [1.82, 2.24) is 24.4 Å². The Morgan fingerprint density at radius 2 is 1.90 bits per heavy atom. The minimum atomic E-state index is -0.297. The van der Waals surface area contributed by atoms with Crippen LogP contribution in [0.15, 0.2) is 36.7 Å². The zero-order valence-electron chi connectivity index (χ0n) is 17.7. The average molecular weight is 423 g/mol. The maximum absolute atomic E-state index is 14.8. The number of hydrogen-bond donors (Lipinski definition) is 0. The lowest BCUT2D eigenvalue weighted by Crippen LogP contribution is -2.59. The first-order chi connectivity index (χ1) is 15.2. The van der Waals surface area contributed by atoms with Crippen molar-refractivity contribution >= 4 is 11.5 Å². The standard InChI is InChI=1S/C23H27FN6O/c1-27-9-10-29-13-16-3-2-7-28(16)14-17(29)15-31-18-4-5-21(24)19(11-18)20-12-25-30-8-6-22(27)26-23(20)30/h4-6,8,11-12,16-17H,2-3,7,9-10,13-15H2,1H3/t16-,17+/m1/s1. The Balaban J connectivity index is 1.42. The van der Waals surface area contributed by atoms with E-state index in [0.717, 1.165) is 32.0 Å². The van der Waals surface area contributed by atoms with Gasteiger partial charge >= 0.3 is 0 Å². The van der Waals surface area contributed by atoms with Gasteiger partial charge in [0.05, 0.1) is 12.2 Å². The number of piperazine rings is 1. The molecule has 2 atom stereocenters. The molecule has 0 N–H and O–H groups in total. The van der Waals surface area contributed by atoms with Gasteiger partial charge in [-0.25, -0.2) is 13.9 Å². The molecule has 3 aliphatic heterocycles. The molecule has 162 valence electrons. The quantitative estimate of drug-likeness (QED) is 0.555. The number of anilines is 1. The molecule has 3 aromatic rings. The molecular formula is C23H27FN6O. The maximum atomic E-state index is 14.8. The zero-order valence-corrected chi connectivity index (χ0v) is 17.7. The number of ether oxygens (including phenoxy) is 1. The van der Waals surface area contributed by atoms with Gasteiger partial charge in [0.1, 0.15) is 24.0 Å². The van der Waals surface area contributed by atoms with E-state index in [2.05, 4.69) is 26.8 Å². The van der Waals surface area contributed by atoms with Crippen LogP contribution in [-0.4, -0.2) is 82.9 Å². The van der Waals surface area contributed by atoms with E-state index in [1.807, 2.05) is 12.3 Å². The van der Waals surface area contributed by atoms with Crippen molar-refractivity contribution in [3.05, 3.63) is 42.5 Å². The summed E-state index contributed by atoms with van der Waals surface area (Å²) in [5, 5.41) is 4.38. The van der Waals surface area contributed by atoms with Gasteiger partial charge in [0, 0.05) is 56.6 Å². The summed E-state index contributed by atoms with van der Waals surface area (Å²) in [5.74, 6) is 1.26. The molecule has 0 unspecified atom stereocenters. The molecule has 0 saturated carbocycles. The number of benzene rings is 1. The Morgan fingerprint density at radius 3 is 2.84 bits per heavy atom. The van der Waals surface area contributed by atoms with Crippen molar-refractivity contribution in [3.63, 3.8) is 0 Å². The molecule has 2 saturated heterocycles. The number of halogens is 1.